The summed E-state index contributed by atoms with van der Waals surface area (Å²) in [4.78, 5) is 3.46. The minimum atomic E-state index is 0.339. The van der Waals surface area contributed by atoms with Crippen molar-refractivity contribution in [3.05, 3.63) is 18.2 Å². The third kappa shape index (κ3) is 2.20. The van der Waals surface area contributed by atoms with Crippen LogP contribution in [0.4, 0.5) is 5.69 Å². The summed E-state index contributed by atoms with van der Waals surface area (Å²) in [7, 11) is 3.76. The number of hydrogen-bond acceptors (Lipinski definition) is 4. The second-order valence-corrected chi connectivity index (χ2v) is 5.48. The van der Waals surface area contributed by atoms with E-state index in [-0.39, 0.29) is 0 Å². The Hall–Kier alpha value is -1.34. The lowest BCUT2D eigenvalue weighted by Gasteiger charge is -2.38. The number of anilines is 1. The molecule has 0 bridgehead atoms. The van der Waals surface area contributed by atoms with E-state index >= 15 is 0 Å². The summed E-state index contributed by atoms with van der Waals surface area (Å²) in [5.74, 6) is 0.877. The molecule has 2 rings (SSSR count). The van der Waals surface area contributed by atoms with Crippen molar-refractivity contribution >= 4 is 17.4 Å². The van der Waals surface area contributed by atoms with Crippen LogP contribution in [0.15, 0.2) is 23.1 Å². The molecule has 1 aromatic carbocycles. The highest BCUT2D eigenvalue weighted by molar-refractivity contribution is 8.00. The quantitative estimate of drug-likeness (QED) is 0.806. The molecule has 17 heavy (non-hydrogen) atoms. The maximum Gasteiger partial charge on any atom is 0.121 e. The highest BCUT2D eigenvalue weighted by atomic mass is 32.2. The van der Waals surface area contributed by atoms with Gasteiger partial charge in [0.25, 0.3) is 0 Å². The molecular formula is C13H16N2OS. The predicted molar refractivity (Wildman–Crippen MR) is 70.7 cm³/mol. The fourth-order valence-electron chi connectivity index (χ4n) is 2.03. The molecule has 0 saturated carbocycles. The smallest absolute Gasteiger partial charge is 0.121 e. The summed E-state index contributed by atoms with van der Waals surface area (Å²) in [5, 5.41) is 9.19. The van der Waals surface area contributed by atoms with E-state index in [9.17, 15) is 0 Å². The van der Waals surface area contributed by atoms with Gasteiger partial charge < -0.3 is 9.64 Å². The van der Waals surface area contributed by atoms with Gasteiger partial charge in [-0.05, 0) is 19.1 Å². The van der Waals surface area contributed by atoms with E-state index in [1.807, 2.05) is 6.07 Å². The standard InChI is InChI=1S/C13H16N2OS/c1-9-12(6-7-14)17-13-5-4-10(16-3)8-11(13)15(9)2/h4-5,8-9,12H,6H2,1-3H3. The average molecular weight is 248 g/mol. The number of thioether (sulfide) groups is 1. The SMILES string of the molecule is COc1ccc2c(c1)N(C)C(C)C(CC#N)S2. The number of benzene rings is 1. The first kappa shape index (κ1) is 12.1. The number of methoxy groups -OCH3 is 1. The predicted octanol–water partition coefficient (Wildman–Crippen LogP) is 2.91. The lowest BCUT2D eigenvalue weighted by atomic mass is 10.1. The Morgan fingerprint density at radius 1 is 1.53 bits per heavy atom. The highest BCUT2D eigenvalue weighted by Crippen LogP contribution is 2.43. The zero-order valence-corrected chi connectivity index (χ0v) is 11.1. The Morgan fingerprint density at radius 3 is 2.94 bits per heavy atom. The van der Waals surface area contributed by atoms with Crippen molar-refractivity contribution in [2.75, 3.05) is 19.1 Å². The first-order valence-electron chi connectivity index (χ1n) is 5.62. The molecule has 4 heteroatoms. The van der Waals surface area contributed by atoms with Gasteiger partial charge in [-0.25, -0.2) is 0 Å². The van der Waals surface area contributed by atoms with E-state index < -0.39 is 0 Å². The van der Waals surface area contributed by atoms with Gasteiger partial charge in [0.1, 0.15) is 5.75 Å². The average Bonchev–Trinajstić information content (AvgIpc) is 2.35. The summed E-state index contributed by atoms with van der Waals surface area (Å²) < 4.78 is 5.25. The van der Waals surface area contributed by atoms with Crippen LogP contribution in [0.1, 0.15) is 13.3 Å². The molecule has 0 aromatic heterocycles. The fraction of sp³-hybridized carbons (Fsp3) is 0.462. The zero-order valence-electron chi connectivity index (χ0n) is 10.3. The lowest BCUT2D eigenvalue weighted by Crippen LogP contribution is -2.40. The Kier molecular flexibility index (Phi) is 3.49. The second kappa shape index (κ2) is 4.89. The minimum Gasteiger partial charge on any atom is -0.497 e. The van der Waals surface area contributed by atoms with Crippen LogP contribution in [0.2, 0.25) is 0 Å². The molecule has 0 N–H and O–H groups in total. The fourth-order valence-corrected chi connectivity index (χ4v) is 3.37. The van der Waals surface area contributed by atoms with Gasteiger partial charge >= 0.3 is 0 Å². The molecule has 0 spiro atoms. The van der Waals surface area contributed by atoms with E-state index in [1.54, 1.807) is 18.9 Å². The Labute approximate surface area is 106 Å². The summed E-state index contributed by atoms with van der Waals surface area (Å²) in [5.41, 5.74) is 1.19. The Morgan fingerprint density at radius 2 is 2.29 bits per heavy atom. The van der Waals surface area contributed by atoms with E-state index in [0.29, 0.717) is 17.7 Å². The molecule has 1 aliphatic heterocycles. The maximum atomic E-state index is 8.85. The van der Waals surface area contributed by atoms with Gasteiger partial charge in [-0.3, -0.25) is 0 Å². The summed E-state index contributed by atoms with van der Waals surface area (Å²) >= 11 is 1.79. The third-order valence-electron chi connectivity index (χ3n) is 3.27. The van der Waals surface area contributed by atoms with Crippen LogP contribution in [0, 0.1) is 11.3 Å². The monoisotopic (exact) mass is 248 g/mol. The van der Waals surface area contributed by atoms with Crippen molar-refractivity contribution in [3.63, 3.8) is 0 Å². The van der Waals surface area contributed by atoms with E-state index in [2.05, 4.69) is 37.1 Å². The van der Waals surface area contributed by atoms with E-state index in [0.717, 1.165) is 5.75 Å². The van der Waals surface area contributed by atoms with E-state index in [1.165, 1.54) is 10.6 Å². The second-order valence-electron chi connectivity index (χ2n) is 4.20. The third-order valence-corrected chi connectivity index (χ3v) is 4.73. The Bertz CT molecular complexity index is 455. The number of nitriles is 1. The molecule has 0 aliphatic carbocycles. The summed E-state index contributed by atoms with van der Waals surface area (Å²) in [6.45, 7) is 2.16. The number of hydrogen-bond donors (Lipinski definition) is 0. The van der Waals surface area contributed by atoms with Crippen LogP contribution in [0.3, 0.4) is 0 Å². The van der Waals surface area contributed by atoms with Crippen LogP contribution in [-0.4, -0.2) is 25.4 Å². The van der Waals surface area contributed by atoms with Crippen molar-refractivity contribution < 1.29 is 4.74 Å². The van der Waals surface area contributed by atoms with Crippen molar-refractivity contribution in [1.82, 2.24) is 0 Å². The van der Waals surface area contributed by atoms with E-state index in [4.69, 9.17) is 10.00 Å². The first-order valence-corrected chi connectivity index (χ1v) is 6.49. The van der Waals surface area contributed by atoms with Gasteiger partial charge in [-0.1, -0.05) is 0 Å². The molecule has 2 unspecified atom stereocenters. The van der Waals surface area contributed by atoms with Gasteiger partial charge in [0.2, 0.25) is 0 Å². The topological polar surface area (TPSA) is 36.3 Å². The maximum absolute atomic E-state index is 8.85. The van der Waals surface area contributed by atoms with Crippen LogP contribution in [0.5, 0.6) is 5.75 Å². The van der Waals surface area contributed by atoms with Crippen molar-refractivity contribution in [3.8, 4) is 11.8 Å². The molecule has 3 nitrogen and oxygen atoms in total. The molecule has 0 fully saturated rings. The highest BCUT2D eigenvalue weighted by Gasteiger charge is 2.29. The minimum absolute atomic E-state index is 0.339. The molecule has 0 saturated heterocycles. The normalized spacial score (nSPS) is 22.8. The molecule has 1 aliphatic rings. The number of fused-ring (bicyclic) bond motifs is 1. The van der Waals surface area contributed by atoms with Gasteiger partial charge in [0.05, 0.1) is 18.9 Å². The molecule has 2 atom stereocenters. The Balaban J connectivity index is 2.35. The van der Waals surface area contributed by atoms with Gasteiger partial charge in [-0.15, -0.1) is 11.8 Å². The van der Waals surface area contributed by atoms with Crippen LogP contribution >= 0.6 is 11.8 Å². The van der Waals surface area contributed by atoms with Gasteiger partial charge in [-0.2, -0.15) is 5.26 Å². The van der Waals surface area contributed by atoms with Crippen molar-refractivity contribution in [1.29, 1.82) is 5.26 Å². The number of nitrogens with zero attached hydrogens (tertiary/aromatic N) is 2. The van der Waals surface area contributed by atoms with Crippen LogP contribution in [-0.2, 0) is 0 Å². The molecule has 1 aromatic rings. The molecule has 90 valence electrons. The lowest BCUT2D eigenvalue weighted by molar-refractivity contribution is 0.414. The number of ether oxygens (including phenoxy) is 1. The zero-order chi connectivity index (χ0) is 12.4. The van der Waals surface area contributed by atoms with Gasteiger partial charge in [0.15, 0.2) is 0 Å². The van der Waals surface area contributed by atoms with Crippen molar-refractivity contribution in [2.45, 2.75) is 29.5 Å². The van der Waals surface area contributed by atoms with Crippen LogP contribution in [0.25, 0.3) is 0 Å². The van der Waals surface area contributed by atoms with Crippen LogP contribution < -0.4 is 9.64 Å². The molecular weight excluding hydrogens is 232 g/mol. The number of rotatable bonds is 2. The van der Waals surface area contributed by atoms with Crippen molar-refractivity contribution in [2.24, 2.45) is 0 Å². The molecule has 0 amide bonds. The largest absolute Gasteiger partial charge is 0.497 e. The summed E-state index contributed by atoms with van der Waals surface area (Å²) in [6, 6.07) is 8.73. The van der Waals surface area contributed by atoms with Gasteiger partial charge in [0, 0.05) is 35.7 Å². The first-order chi connectivity index (χ1) is 8.17. The summed E-state index contributed by atoms with van der Waals surface area (Å²) in [6.07, 6.45) is 0.585. The molecule has 0 radical (unpaired) electrons. The molecule has 1 heterocycles.